The summed E-state index contributed by atoms with van der Waals surface area (Å²) < 4.78 is 13.6. The first-order valence-electron chi connectivity index (χ1n) is 5.39. The number of piperazine rings is 1. The van der Waals surface area contributed by atoms with Crippen molar-refractivity contribution in [1.82, 2.24) is 10.2 Å². The molecule has 0 aliphatic carbocycles. The summed E-state index contributed by atoms with van der Waals surface area (Å²) in [5.74, 6) is -1.01. The maximum atomic E-state index is 13.6. The zero-order chi connectivity index (χ0) is 12.4. The molecule has 0 bridgehead atoms. The van der Waals surface area contributed by atoms with Crippen LogP contribution in [0.4, 0.5) is 4.39 Å². The summed E-state index contributed by atoms with van der Waals surface area (Å²) in [6, 6.07) is 6.08. The SMILES string of the molecule is CC(c1ccccc1F)N1CC(=O)NC(=O)C1. The minimum absolute atomic E-state index is 0.112. The third-order valence-electron chi connectivity index (χ3n) is 2.88. The van der Waals surface area contributed by atoms with Gasteiger partial charge < -0.3 is 0 Å². The number of carbonyl (C=O) groups excluding carboxylic acids is 2. The Morgan fingerprint density at radius 3 is 2.41 bits per heavy atom. The minimum atomic E-state index is -0.343. The quantitative estimate of drug-likeness (QED) is 0.774. The van der Waals surface area contributed by atoms with Crippen molar-refractivity contribution in [3.63, 3.8) is 0 Å². The summed E-state index contributed by atoms with van der Waals surface area (Å²) in [5.41, 5.74) is 0.495. The third kappa shape index (κ3) is 2.50. The van der Waals surface area contributed by atoms with Gasteiger partial charge in [-0.05, 0) is 13.0 Å². The molecule has 1 N–H and O–H groups in total. The molecule has 1 saturated heterocycles. The van der Waals surface area contributed by atoms with E-state index in [4.69, 9.17) is 0 Å². The number of amides is 2. The number of carbonyl (C=O) groups is 2. The number of imide groups is 1. The van der Waals surface area contributed by atoms with Crippen molar-refractivity contribution in [2.75, 3.05) is 13.1 Å². The third-order valence-corrected chi connectivity index (χ3v) is 2.88. The van der Waals surface area contributed by atoms with Crippen molar-refractivity contribution in [3.8, 4) is 0 Å². The largest absolute Gasteiger partial charge is 0.294 e. The number of hydrogen-bond donors (Lipinski definition) is 1. The average Bonchev–Trinajstić information content (AvgIpc) is 2.27. The predicted molar refractivity (Wildman–Crippen MR) is 59.5 cm³/mol. The number of nitrogens with zero attached hydrogens (tertiary/aromatic N) is 1. The van der Waals surface area contributed by atoms with Crippen LogP contribution in [0.2, 0.25) is 0 Å². The minimum Gasteiger partial charge on any atom is -0.294 e. The van der Waals surface area contributed by atoms with E-state index in [1.807, 2.05) is 0 Å². The van der Waals surface area contributed by atoms with E-state index in [2.05, 4.69) is 5.32 Å². The smallest absolute Gasteiger partial charge is 0.240 e. The highest BCUT2D eigenvalue weighted by Crippen LogP contribution is 2.22. The van der Waals surface area contributed by atoms with Gasteiger partial charge in [0.15, 0.2) is 0 Å². The van der Waals surface area contributed by atoms with Gasteiger partial charge in [-0.3, -0.25) is 19.8 Å². The second-order valence-electron chi connectivity index (χ2n) is 4.07. The summed E-state index contributed by atoms with van der Waals surface area (Å²) in [7, 11) is 0. The van der Waals surface area contributed by atoms with Crippen LogP contribution in [0.1, 0.15) is 18.5 Å². The lowest BCUT2D eigenvalue weighted by atomic mass is 10.1. The van der Waals surface area contributed by atoms with Crippen molar-refractivity contribution in [2.45, 2.75) is 13.0 Å². The highest BCUT2D eigenvalue weighted by molar-refractivity contribution is 5.99. The van der Waals surface area contributed by atoms with E-state index in [1.54, 1.807) is 30.0 Å². The first-order valence-corrected chi connectivity index (χ1v) is 5.39. The Balaban J connectivity index is 2.20. The van der Waals surface area contributed by atoms with Crippen LogP contribution in [0.5, 0.6) is 0 Å². The lowest BCUT2D eigenvalue weighted by molar-refractivity contribution is -0.137. The first kappa shape index (κ1) is 11.7. The molecule has 1 fully saturated rings. The normalized spacial score (nSPS) is 18.9. The van der Waals surface area contributed by atoms with Gasteiger partial charge in [0.05, 0.1) is 13.1 Å². The summed E-state index contributed by atoms with van der Waals surface area (Å²) in [5, 5.41) is 2.22. The molecule has 0 saturated carbocycles. The van der Waals surface area contributed by atoms with Crippen LogP contribution in [0, 0.1) is 5.82 Å². The summed E-state index contributed by atoms with van der Waals surface area (Å²) in [6.07, 6.45) is 0. The van der Waals surface area contributed by atoms with Crippen LogP contribution in [-0.2, 0) is 9.59 Å². The van der Waals surface area contributed by atoms with Crippen LogP contribution in [0.25, 0.3) is 0 Å². The Hall–Kier alpha value is -1.75. The molecule has 1 aliphatic heterocycles. The Kier molecular flexibility index (Phi) is 3.19. The molecule has 0 spiro atoms. The van der Waals surface area contributed by atoms with Gasteiger partial charge in [0.1, 0.15) is 5.82 Å². The maximum Gasteiger partial charge on any atom is 0.240 e. The van der Waals surface area contributed by atoms with Gasteiger partial charge in [0.25, 0.3) is 0 Å². The Labute approximate surface area is 98.4 Å². The highest BCUT2D eigenvalue weighted by atomic mass is 19.1. The van der Waals surface area contributed by atoms with Crippen molar-refractivity contribution >= 4 is 11.8 Å². The fraction of sp³-hybridized carbons (Fsp3) is 0.333. The molecule has 2 rings (SSSR count). The summed E-state index contributed by atoms with van der Waals surface area (Å²) >= 11 is 0. The monoisotopic (exact) mass is 236 g/mol. The molecule has 0 radical (unpaired) electrons. The van der Waals surface area contributed by atoms with E-state index in [9.17, 15) is 14.0 Å². The maximum absolute atomic E-state index is 13.6. The Morgan fingerprint density at radius 2 is 1.82 bits per heavy atom. The van der Waals surface area contributed by atoms with Crippen LogP contribution in [0.15, 0.2) is 24.3 Å². The van der Waals surface area contributed by atoms with Crippen LogP contribution in [0.3, 0.4) is 0 Å². The van der Waals surface area contributed by atoms with E-state index in [-0.39, 0.29) is 36.8 Å². The molecular formula is C12H13FN2O2. The molecule has 1 atom stereocenters. The van der Waals surface area contributed by atoms with E-state index < -0.39 is 0 Å². The fourth-order valence-electron chi connectivity index (χ4n) is 1.94. The number of rotatable bonds is 2. The van der Waals surface area contributed by atoms with Crippen molar-refractivity contribution in [1.29, 1.82) is 0 Å². The van der Waals surface area contributed by atoms with Gasteiger partial charge in [-0.15, -0.1) is 0 Å². The standard InChI is InChI=1S/C12H13FN2O2/c1-8(9-4-2-3-5-10(9)13)15-6-11(16)14-12(17)7-15/h2-5,8H,6-7H2,1H3,(H,14,16,17). The molecule has 1 unspecified atom stereocenters. The zero-order valence-electron chi connectivity index (χ0n) is 9.44. The second-order valence-corrected chi connectivity index (χ2v) is 4.07. The molecule has 4 nitrogen and oxygen atoms in total. The molecule has 1 heterocycles. The van der Waals surface area contributed by atoms with Gasteiger partial charge in [-0.25, -0.2) is 4.39 Å². The number of benzene rings is 1. The van der Waals surface area contributed by atoms with Crippen molar-refractivity contribution in [3.05, 3.63) is 35.6 Å². The molecule has 17 heavy (non-hydrogen) atoms. The molecule has 2 amide bonds. The highest BCUT2D eigenvalue weighted by Gasteiger charge is 2.27. The molecule has 90 valence electrons. The lowest BCUT2D eigenvalue weighted by Gasteiger charge is -2.31. The van der Waals surface area contributed by atoms with Gasteiger partial charge in [-0.1, -0.05) is 18.2 Å². The average molecular weight is 236 g/mol. The van der Waals surface area contributed by atoms with Crippen molar-refractivity contribution in [2.24, 2.45) is 0 Å². The van der Waals surface area contributed by atoms with Crippen molar-refractivity contribution < 1.29 is 14.0 Å². The number of hydrogen-bond acceptors (Lipinski definition) is 3. The van der Waals surface area contributed by atoms with E-state index in [0.717, 1.165) is 0 Å². The van der Waals surface area contributed by atoms with Gasteiger partial charge >= 0.3 is 0 Å². The predicted octanol–water partition coefficient (Wildman–Crippen LogP) is 0.845. The Bertz CT molecular complexity index is 446. The topological polar surface area (TPSA) is 49.4 Å². The Morgan fingerprint density at radius 1 is 1.24 bits per heavy atom. The number of halogens is 1. The van der Waals surface area contributed by atoms with E-state index in [1.165, 1.54) is 6.07 Å². The fourth-order valence-corrected chi connectivity index (χ4v) is 1.94. The van der Waals surface area contributed by atoms with Crippen LogP contribution in [-0.4, -0.2) is 29.8 Å². The lowest BCUT2D eigenvalue weighted by Crippen LogP contribution is -2.52. The summed E-state index contributed by atoms with van der Waals surface area (Å²) in [6.45, 7) is 2.01. The molecule has 1 aromatic carbocycles. The second kappa shape index (κ2) is 4.63. The molecule has 1 aromatic rings. The van der Waals surface area contributed by atoms with Gasteiger partial charge in [0.2, 0.25) is 11.8 Å². The van der Waals surface area contributed by atoms with E-state index in [0.29, 0.717) is 5.56 Å². The first-order chi connectivity index (χ1) is 8.08. The van der Waals surface area contributed by atoms with Gasteiger partial charge in [-0.2, -0.15) is 0 Å². The van der Waals surface area contributed by atoms with Crippen LogP contribution < -0.4 is 5.32 Å². The molecule has 1 aliphatic rings. The van der Waals surface area contributed by atoms with E-state index >= 15 is 0 Å². The van der Waals surface area contributed by atoms with Gasteiger partial charge in [0, 0.05) is 11.6 Å². The molecule has 5 heteroatoms. The zero-order valence-corrected chi connectivity index (χ0v) is 9.44. The molecule has 0 aromatic heterocycles. The molecular weight excluding hydrogens is 223 g/mol. The number of nitrogens with one attached hydrogen (secondary N) is 1. The summed E-state index contributed by atoms with van der Waals surface area (Å²) in [4.78, 5) is 24.1. The van der Waals surface area contributed by atoms with Crippen LogP contribution >= 0.6 is 0 Å².